The first-order valence-corrected chi connectivity index (χ1v) is 13.0. The van der Waals surface area contributed by atoms with Crippen molar-refractivity contribution in [3.05, 3.63) is 59.8 Å². The van der Waals surface area contributed by atoms with E-state index in [4.69, 9.17) is 9.51 Å². The summed E-state index contributed by atoms with van der Waals surface area (Å²) in [5, 5.41) is 4.07. The Morgan fingerprint density at radius 3 is 2.55 bits per heavy atom. The van der Waals surface area contributed by atoms with Crippen LogP contribution < -0.4 is 4.90 Å². The number of carbonyl (C=O) groups is 1. The van der Waals surface area contributed by atoms with E-state index in [-0.39, 0.29) is 24.8 Å². The molecule has 0 radical (unpaired) electrons. The van der Waals surface area contributed by atoms with Gasteiger partial charge in [-0.25, -0.2) is 18.7 Å². The Morgan fingerprint density at radius 1 is 1.08 bits per heavy atom. The lowest BCUT2D eigenvalue weighted by atomic mass is 9.91. The lowest BCUT2D eigenvalue weighted by Gasteiger charge is -2.37. The van der Waals surface area contributed by atoms with Crippen LogP contribution in [0, 0.1) is 19.8 Å². The number of aromatic nitrogens is 4. The molecule has 1 saturated carbocycles. The Morgan fingerprint density at radius 2 is 1.87 bits per heavy atom. The third-order valence-electron chi connectivity index (χ3n) is 7.83. The Kier molecular flexibility index (Phi) is 6.00. The molecule has 1 saturated heterocycles. The van der Waals surface area contributed by atoms with Gasteiger partial charge in [0.15, 0.2) is 0 Å². The number of imidazole rings is 1. The molecule has 7 nitrogen and oxygen atoms in total. The van der Waals surface area contributed by atoms with Crippen molar-refractivity contribution >= 4 is 22.6 Å². The first kappa shape index (κ1) is 24.6. The summed E-state index contributed by atoms with van der Waals surface area (Å²) in [5.41, 5.74) is 4.60. The lowest BCUT2D eigenvalue weighted by Crippen LogP contribution is -2.40. The number of nitrogens with zero attached hydrogens (tertiary/aromatic N) is 5. The SMILES string of the molecule is Cc1noc(C)c1-c1ccc2c(c1)nc(C1CCCC(=O)N1c1ccc(F)nc1)n2C1CCC(F)(F)CC1. The van der Waals surface area contributed by atoms with Crippen LogP contribution in [0.1, 0.15) is 74.3 Å². The lowest BCUT2D eigenvalue weighted by molar-refractivity contribution is -0.120. The van der Waals surface area contributed by atoms with Crippen molar-refractivity contribution in [1.29, 1.82) is 0 Å². The fraction of sp³-hybridized carbons (Fsp3) is 0.429. The first-order valence-electron chi connectivity index (χ1n) is 13.0. The fourth-order valence-corrected chi connectivity index (χ4v) is 6.02. The molecule has 3 aromatic heterocycles. The van der Waals surface area contributed by atoms with E-state index in [0.29, 0.717) is 54.9 Å². The molecule has 1 amide bonds. The van der Waals surface area contributed by atoms with Gasteiger partial charge in [-0.2, -0.15) is 4.39 Å². The molecule has 2 aliphatic rings. The van der Waals surface area contributed by atoms with Gasteiger partial charge < -0.3 is 14.0 Å². The topological polar surface area (TPSA) is 77.1 Å². The molecular weight excluding hydrogens is 495 g/mol. The quantitative estimate of drug-likeness (QED) is 0.274. The van der Waals surface area contributed by atoms with Crippen molar-refractivity contribution < 1.29 is 22.5 Å². The molecule has 198 valence electrons. The van der Waals surface area contributed by atoms with Crippen molar-refractivity contribution in [1.82, 2.24) is 19.7 Å². The number of rotatable bonds is 4. The molecule has 6 rings (SSSR count). The summed E-state index contributed by atoms with van der Waals surface area (Å²) in [6, 6.07) is 8.08. The van der Waals surface area contributed by atoms with Crippen molar-refractivity contribution in [2.24, 2.45) is 0 Å². The highest BCUT2D eigenvalue weighted by atomic mass is 19.3. The molecule has 0 N–H and O–H groups in total. The summed E-state index contributed by atoms with van der Waals surface area (Å²) in [4.78, 5) is 23.6. The van der Waals surface area contributed by atoms with E-state index in [0.717, 1.165) is 22.3 Å². The number of hydrogen-bond donors (Lipinski definition) is 0. The van der Waals surface area contributed by atoms with E-state index in [1.165, 1.54) is 12.3 Å². The van der Waals surface area contributed by atoms with Crippen molar-refractivity contribution in [3.8, 4) is 11.1 Å². The number of halogens is 3. The highest BCUT2D eigenvalue weighted by molar-refractivity contribution is 5.95. The van der Waals surface area contributed by atoms with E-state index in [2.05, 4.69) is 14.7 Å². The molecule has 2 fully saturated rings. The zero-order chi connectivity index (χ0) is 26.6. The maximum atomic E-state index is 14.1. The Labute approximate surface area is 217 Å². The first-order chi connectivity index (χ1) is 18.2. The normalized spacial score (nSPS) is 20.4. The van der Waals surface area contributed by atoms with Crippen LogP contribution in [0.3, 0.4) is 0 Å². The highest BCUT2D eigenvalue weighted by Crippen LogP contribution is 2.44. The number of amides is 1. The maximum absolute atomic E-state index is 14.1. The van der Waals surface area contributed by atoms with Gasteiger partial charge in [-0.3, -0.25) is 4.79 Å². The average molecular weight is 524 g/mol. The van der Waals surface area contributed by atoms with Crippen LogP contribution in [0.25, 0.3) is 22.2 Å². The van der Waals surface area contributed by atoms with Gasteiger partial charge in [0.25, 0.3) is 0 Å². The minimum atomic E-state index is -2.67. The van der Waals surface area contributed by atoms with Crippen LogP contribution in [0.2, 0.25) is 0 Å². The largest absolute Gasteiger partial charge is 0.361 e. The third kappa shape index (κ3) is 4.25. The second kappa shape index (κ2) is 9.25. The zero-order valence-corrected chi connectivity index (χ0v) is 21.3. The number of pyridine rings is 1. The fourth-order valence-electron chi connectivity index (χ4n) is 6.02. The molecular formula is C28H28F3N5O2. The average Bonchev–Trinajstić information content (AvgIpc) is 3.43. The standard InChI is InChI=1S/C28H28F3N5O2/c1-16-26(17(2)38-34-16)18-6-8-22-21(14-18)33-27(36(22)19-10-12-28(30,31)13-11-19)23-4-3-5-25(37)35(23)20-7-9-24(29)32-15-20/h6-9,14-15,19,23H,3-5,10-13H2,1-2H3. The molecule has 1 aliphatic heterocycles. The number of piperidine rings is 1. The summed E-state index contributed by atoms with van der Waals surface area (Å²) >= 11 is 0. The van der Waals surface area contributed by atoms with E-state index < -0.39 is 17.9 Å². The molecule has 4 heterocycles. The van der Waals surface area contributed by atoms with Crippen LogP contribution in [0.4, 0.5) is 18.9 Å². The van der Waals surface area contributed by atoms with Gasteiger partial charge in [0.1, 0.15) is 11.6 Å². The molecule has 10 heteroatoms. The number of fused-ring (bicyclic) bond motifs is 1. The number of benzene rings is 1. The minimum absolute atomic E-state index is 0.0974. The zero-order valence-electron chi connectivity index (χ0n) is 21.3. The monoisotopic (exact) mass is 523 g/mol. The van der Waals surface area contributed by atoms with Crippen LogP contribution in [0.5, 0.6) is 0 Å². The number of carbonyl (C=O) groups excluding carboxylic acids is 1. The Hall–Kier alpha value is -3.69. The second-order valence-corrected chi connectivity index (χ2v) is 10.3. The molecule has 1 aliphatic carbocycles. The van der Waals surface area contributed by atoms with E-state index in [1.807, 2.05) is 32.0 Å². The van der Waals surface area contributed by atoms with Crippen LogP contribution in [-0.4, -0.2) is 31.5 Å². The number of anilines is 1. The van der Waals surface area contributed by atoms with E-state index >= 15 is 0 Å². The second-order valence-electron chi connectivity index (χ2n) is 10.3. The van der Waals surface area contributed by atoms with Crippen LogP contribution in [0.15, 0.2) is 41.1 Å². The number of hydrogen-bond acceptors (Lipinski definition) is 5. The third-order valence-corrected chi connectivity index (χ3v) is 7.83. The molecule has 0 bridgehead atoms. The van der Waals surface area contributed by atoms with E-state index in [1.54, 1.807) is 11.0 Å². The molecule has 1 atom stereocenters. The summed E-state index contributed by atoms with van der Waals surface area (Å²) in [6.45, 7) is 3.73. The molecule has 1 unspecified atom stereocenters. The van der Waals surface area contributed by atoms with Gasteiger partial charge in [-0.1, -0.05) is 11.2 Å². The van der Waals surface area contributed by atoms with Crippen LogP contribution in [-0.2, 0) is 4.79 Å². The van der Waals surface area contributed by atoms with Gasteiger partial charge in [-0.15, -0.1) is 0 Å². The molecule has 1 aromatic carbocycles. The van der Waals surface area contributed by atoms with Gasteiger partial charge in [0.2, 0.25) is 17.8 Å². The van der Waals surface area contributed by atoms with Gasteiger partial charge in [0, 0.05) is 30.9 Å². The highest BCUT2D eigenvalue weighted by Gasteiger charge is 2.39. The molecule has 4 aromatic rings. The predicted octanol–water partition coefficient (Wildman–Crippen LogP) is 6.85. The maximum Gasteiger partial charge on any atom is 0.248 e. The van der Waals surface area contributed by atoms with Crippen molar-refractivity contribution in [3.63, 3.8) is 0 Å². The van der Waals surface area contributed by atoms with Crippen molar-refractivity contribution in [2.45, 2.75) is 76.8 Å². The van der Waals surface area contributed by atoms with Gasteiger partial charge in [0.05, 0.1) is 34.7 Å². The van der Waals surface area contributed by atoms with E-state index in [9.17, 15) is 18.0 Å². The summed E-state index contributed by atoms with van der Waals surface area (Å²) in [6.07, 6.45) is 3.28. The van der Waals surface area contributed by atoms with Gasteiger partial charge in [-0.05, 0) is 69.4 Å². The Balaban J connectivity index is 1.51. The minimum Gasteiger partial charge on any atom is -0.361 e. The van der Waals surface area contributed by atoms with Crippen molar-refractivity contribution in [2.75, 3.05) is 4.90 Å². The summed E-state index contributed by atoms with van der Waals surface area (Å²) < 4.78 is 49.2. The van der Waals surface area contributed by atoms with Crippen LogP contribution >= 0.6 is 0 Å². The summed E-state index contributed by atoms with van der Waals surface area (Å²) in [5.74, 6) is -2.04. The summed E-state index contributed by atoms with van der Waals surface area (Å²) in [7, 11) is 0. The predicted molar refractivity (Wildman–Crippen MR) is 135 cm³/mol. The van der Waals surface area contributed by atoms with Gasteiger partial charge >= 0.3 is 0 Å². The Bertz CT molecular complexity index is 1480. The number of alkyl halides is 2. The molecule has 38 heavy (non-hydrogen) atoms. The smallest absolute Gasteiger partial charge is 0.248 e. The molecule has 0 spiro atoms. The number of aryl methyl sites for hydroxylation is 2.